The van der Waals surface area contributed by atoms with Crippen molar-refractivity contribution >= 4 is 5.97 Å². The number of esters is 1. The van der Waals surface area contributed by atoms with Gasteiger partial charge in [-0.1, -0.05) is 149 Å². The normalized spacial score (nSPS) is 12.2. The van der Waals surface area contributed by atoms with Crippen LogP contribution in [0.5, 0.6) is 0 Å². The van der Waals surface area contributed by atoms with Crippen molar-refractivity contribution in [3.63, 3.8) is 0 Å². The van der Waals surface area contributed by atoms with E-state index in [1.807, 2.05) is 0 Å². The summed E-state index contributed by atoms with van der Waals surface area (Å²) < 4.78 is 17.6. The van der Waals surface area contributed by atoms with Gasteiger partial charge in [-0.3, -0.25) is 4.79 Å². The van der Waals surface area contributed by atoms with Gasteiger partial charge in [0.25, 0.3) is 0 Å². The molecule has 0 fully saturated rings. The molecule has 0 aromatic carbocycles. The van der Waals surface area contributed by atoms with Gasteiger partial charge < -0.3 is 14.2 Å². The minimum absolute atomic E-state index is 0.0858. The van der Waals surface area contributed by atoms with E-state index in [-0.39, 0.29) is 12.1 Å². The van der Waals surface area contributed by atoms with Crippen molar-refractivity contribution < 1.29 is 19.0 Å². The maximum absolute atomic E-state index is 12.2. The Morgan fingerprint density at radius 2 is 0.892 bits per heavy atom. The first-order valence-electron chi connectivity index (χ1n) is 16.6. The zero-order chi connectivity index (χ0) is 27.1. The van der Waals surface area contributed by atoms with E-state index in [0.29, 0.717) is 19.6 Å². The molecular weight excluding hydrogens is 460 g/mol. The number of hydrogen-bond donors (Lipinski definition) is 0. The van der Waals surface area contributed by atoms with Gasteiger partial charge in [0.05, 0.1) is 6.61 Å². The molecule has 0 amide bonds. The van der Waals surface area contributed by atoms with Gasteiger partial charge in [-0.05, 0) is 19.3 Å². The van der Waals surface area contributed by atoms with Gasteiger partial charge >= 0.3 is 5.97 Å². The van der Waals surface area contributed by atoms with E-state index in [2.05, 4.69) is 20.8 Å². The van der Waals surface area contributed by atoms with Crippen LogP contribution in [0.4, 0.5) is 0 Å². The second-order valence-electron chi connectivity index (χ2n) is 11.1. The molecule has 0 radical (unpaired) electrons. The molecule has 0 aliphatic heterocycles. The van der Waals surface area contributed by atoms with Crippen LogP contribution in [0.25, 0.3) is 0 Å². The largest absolute Gasteiger partial charge is 0.463 e. The van der Waals surface area contributed by atoms with Crippen LogP contribution in [0, 0.1) is 0 Å². The van der Waals surface area contributed by atoms with E-state index in [4.69, 9.17) is 14.2 Å². The Morgan fingerprint density at radius 1 is 0.486 bits per heavy atom. The first-order valence-corrected chi connectivity index (χ1v) is 16.6. The highest BCUT2D eigenvalue weighted by molar-refractivity contribution is 5.69. The van der Waals surface area contributed by atoms with Crippen LogP contribution in [0.15, 0.2) is 0 Å². The Balaban J connectivity index is 4.02. The van der Waals surface area contributed by atoms with E-state index in [1.165, 1.54) is 122 Å². The smallest absolute Gasteiger partial charge is 0.305 e. The molecule has 0 heterocycles. The Morgan fingerprint density at radius 3 is 1.38 bits per heavy atom. The summed E-state index contributed by atoms with van der Waals surface area (Å²) in [5.74, 6) is -0.0858. The fourth-order valence-electron chi connectivity index (χ4n) is 4.67. The number of rotatable bonds is 31. The predicted octanol–water partition coefficient (Wildman–Crippen LogP) is 10.4. The SMILES string of the molecule is CCCCCCCCCCOCC(COC(=O)CCCCCCCCC)OCCCCCCCCCC. The number of hydrogen-bond acceptors (Lipinski definition) is 4. The monoisotopic (exact) mass is 526 g/mol. The Bertz CT molecular complexity index is 440. The zero-order valence-corrected chi connectivity index (χ0v) is 25.5. The van der Waals surface area contributed by atoms with Crippen LogP contribution in [-0.4, -0.2) is 38.5 Å². The van der Waals surface area contributed by atoms with Crippen molar-refractivity contribution in [1.82, 2.24) is 0 Å². The van der Waals surface area contributed by atoms with E-state index < -0.39 is 0 Å². The third-order valence-electron chi connectivity index (χ3n) is 7.21. The third-order valence-corrected chi connectivity index (χ3v) is 7.21. The summed E-state index contributed by atoms with van der Waals surface area (Å²) in [5, 5.41) is 0. The highest BCUT2D eigenvalue weighted by atomic mass is 16.6. The maximum Gasteiger partial charge on any atom is 0.305 e. The molecule has 0 aliphatic rings. The van der Waals surface area contributed by atoms with Gasteiger partial charge in [0.15, 0.2) is 0 Å². The molecule has 0 aromatic rings. The lowest BCUT2D eigenvalue weighted by Gasteiger charge is -2.18. The van der Waals surface area contributed by atoms with Crippen LogP contribution in [0.3, 0.4) is 0 Å². The summed E-state index contributed by atoms with van der Waals surface area (Å²) in [6.07, 6.45) is 29.6. The lowest BCUT2D eigenvalue weighted by Crippen LogP contribution is -2.28. The molecule has 1 unspecified atom stereocenters. The molecule has 0 spiro atoms. The third kappa shape index (κ3) is 29.8. The van der Waals surface area contributed by atoms with Crippen LogP contribution < -0.4 is 0 Å². The molecule has 0 rings (SSSR count). The minimum atomic E-state index is -0.142. The van der Waals surface area contributed by atoms with Crippen molar-refractivity contribution in [2.75, 3.05) is 26.4 Å². The number of ether oxygens (including phenoxy) is 3. The first-order chi connectivity index (χ1) is 18.2. The Hall–Kier alpha value is -0.610. The van der Waals surface area contributed by atoms with Gasteiger partial charge in [-0.25, -0.2) is 0 Å². The average Bonchev–Trinajstić information content (AvgIpc) is 2.90. The molecule has 4 heteroatoms. The van der Waals surface area contributed by atoms with Crippen LogP contribution in [0.2, 0.25) is 0 Å². The lowest BCUT2D eigenvalue weighted by molar-refractivity contribution is -0.150. The average molecular weight is 527 g/mol. The quantitative estimate of drug-likeness (QED) is 0.0665. The molecule has 0 N–H and O–H groups in total. The highest BCUT2D eigenvalue weighted by Gasteiger charge is 2.13. The van der Waals surface area contributed by atoms with Crippen molar-refractivity contribution in [2.24, 2.45) is 0 Å². The maximum atomic E-state index is 12.2. The number of unbranched alkanes of at least 4 members (excludes halogenated alkanes) is 20. The predicted molar refractivity (Wildman–Crippen MR) is 159 cm³/mol. The van der Waals surface area contributed by atoms with Gasteiger partial charge in [-0.15, -0.1) is 0 Å². The summed E-state index contributed by atoms with van der Waals surface area (Å²) in [5.41, 5.74) is 0. The fraction of sp³-hybridized carbons (Fsp3) is 0.970. The zero-order valence-electron chi connectivity index (χ0n) is 25.5. The number of carbonyl (C=O) groups excluding carboxylic acids is 1. The van der Waals surface area contributed by atoms with Gasteiger partial charge in [0.2, 0.25) is 0 Å². The molecule has 37 heavy (non-hydrogen) atoms. The molecule has 0 bridgehead atoms. The van der Waals surface area contributed by atoms with Gasteiger partial charge in [-0.2, -0.15) is 0 Å². The fourth-order valence-corrected chi connectivity index (χ4v) is 4.67. The van der Waals surface area contributed by atoms with Crippen molar-refractivity contribution in [1.29, 1.82) is 0 Å². The summed E-state index contributed by atoms with van der Waals surface area (Å²) >= 11 is 0. The van der Waals surface area contributed by atoms with Crippen molar-refractivity contribution in [2.45, 2.75) is 181 Å². The topological polar surface area (TPSA) is 44.8 Å². The van der Waals surface area contributed by atoms with Gasteiger partial charge in [0, 0.05) is 19.6 Å². The lowest BCUT2D eigenvalue weighted by atomic mass is 10.1. The number of carbonyl (C=O) groups is 1. The van der Waals surface area contributed by atoms with Crippen molar-refractivity contribution in [3.8, 4) is 0 Å². The molecular formula is C33H66O4. The molecule has 0 saturated heterocycles. The summed E-state index contributed by atoms with van der Waals surface area (Å²) in [6, 6.07) is 0. The van der Waals surface area contributed by atoms with Crippen LogP contribution in [-0.2, 0) is 19.0 Å². The highest BCUT2D eigenvalue weighted by Crippen LogP contribution is 2.12. The van der Waals surface area contributed by atoms with E-state index in [0.717, 1.165) is 38.9 Å². The van der Waals surface area contributed by atoms with Crippen LogP contribution >= 0.6 is 0 Å². The Kier molecular flexibility index (Phi) is 31.1. The van der Waals surface area contributed by atoms with E-state index >= 15 is 0 Å². The standard InChI is InChI=1S/C33H66O4/c1-4-7-10-13-16-19-22-25-28-35-30-32(36-29-26-23-20-17-14-11-8-5-2)31-37-33(34)27-24-21-18-15-12-9-6-3/h32H,4-31H2,1-3H3. The molecule has 0 aliphatic carbocycles. The first kappa shape index (κ1) is 36.4. The van der Waals surface area contributed by atoms with E-state index in [1.54, 1.807) is 0 Å². The minimum Gasteiger partial charge on any atom is -0.463 e. The van der Waals surface area contributed by atoms with Gasteiger partial charge in [0.1, 0.15) is 12.7 Å². The molecule has 222 valence electrons. The molecule has 4 nitrogen and oxygen atoms in total. The second kappa shape index (κ2) is 31.6. The summed E-state index contributed by atoms with van der Waals surface area (Å²) in [7, 11) is 0. The Labute approximate surface area is 232 Å². The summed E-state index contributed by atoms with van der Waals surface area (Å²) in [4.78, 5) is 12.2. The van der Waals surface area contributed by atoms with Crippen molar-refractivity contribution in [3.05, 3.63) is 0 Å². The molecule has 1 atom stereocenters. The van der Waals surface area contributed by atoms with Crippen LogP contribution in [0.1, 0.15) is 175 Å². The second-order valence-corrected chi connectivity index (χ2v) is 11.1. The van der Waals surface area contributed by atoms with E-state index in [9.17, 15) is 4.79 Å². The summed E-state index contributed by atoms with van der Waals surface area (Å²) in [6.45, 7) is 9.13. The molecule has 0 aromatic heterocycles. The molecule has 0 saturated carbocycles.